The fraction of sp³-hybridized carbons (Fsp3) is 0.421. The zero-order valence-electron chi connectivity index (χ0n) is 14.2. The predicted molar refractivity (Wildman–Crippen MR) is 92.7 cm³/mol. The number of fused-ring (bicyclic) bond motifs is 1. The zero-order chi connectivity index (χ0) is 17.4. The van der Waals surface area contributed by atoms with E-state index in [0.29, 0.717) is 31.2 Å². The molecule has 1 saturated heterocycles. The first-order chi connectivity index (χ1) is 12.1. The average Bonchev–Trinajstić information content (AvgIpc) is 3.08. The Balaban J connectivity index is 1.54. The number of morpholine rings is 1. The number of nitrogens with one attached hydrogen (secondary N) is 1. The maximum Gasteiger partial charge on any atom is 0.254 e. The number of benzene rings is 1. The van der Waals surface area contributed by atoms with Gasteiger partial charge in [-0.05, 0) is 49.4 Å². The highest BCUT2D eigenvalue weighted by molar-refractivity contribution is 5.94. The topological polar surface area (TPSA) is 75.3 Å². The van der Waals surface area contributed by atoms with Gasteiger partial charge in [0.05, 0.1) is 13.2 Å². The molecule has 0 saturated carbocycles. The Kier molecular flexibility index (Phi) is 4.13. The summed E-state index contributed by atoms with van der Waals surface area (Å²) in [5.74, 6) is 0.495. The van der Waals surface area contributed by atoms with Crippen molar-refractivity contribution in [2.75, 3.05) is 19.7 Å². The monoisotopic (exact) mass is 339 g/mol. The molecule has 25 heavy (non-hydrogen) atoms. The van der Waals surface area contributed by atoms with E-state index in [0.717, 1.165) is 18.4 Å². The molecular weight excluding hydrogens is 318 g/mol. The van der Waals surface area contributed by atoms with Gasteiger partial charge < -0.3 is 14.6 Å². The Hall–Kier alpha value is -2.47. The van der Waals surface area contributed by atoms with Gasteiger partial charge in [0, 0.05) is 23.9 Å². The lowest BCUT2D eigenvalue weighted by Crippen LogP contribution is -2.43. The highest BCUT2D eigenvalue weighted by Gasteiger charge is 2.28. The van der Waals surface area contributed by atoms with Crippen LogP contribution in [0.5, 0.6) is 0 Å². The lowest BCUT2D eigenvalue weighted by molar-refractivity contribution is -0.0269. The molecule has 1 fully saturated rings. The third-order valence-electron chi connectivity index (χ3n) is 4.89. The molecule has 0 radical (unpaired) electrons. The minimum absolute atomic E-state index is 0.0120. The molecule has 2 heterocycles. The summed E-state index contributed by atoms with van der Waals surface area (Å²) in [6.07, 6.45) is 2.92. The Labute approximate surface area is 145 Å². The molecule has 0 spiro atoms. The number of hydrogen-bond acceptors (Lipinski definition) is 4. The van der Waals surface area contributed by atoms with E-state index < -0.39 is 6.10 Å². The molecule has 1 aromatic heterocycles. The highest BCUT2D eigenvalue weighted by Crippen LogP contribution is 2.25. The van der Waals surface area contributed by atoms with Gasteiger partial charge in [-0.2, -0.15) is 0 Å². The van der Waals surface area contributed by atoms with Crippen LogP contribution >= 0.6 is 0 Å². The molecule has 1 aromatic carbocycles. The number of H-pyrrole nitrogens is 1. The quantitative estimate of drug-likeness (QED) is 0.905. The first-order valence-electron chi connectivity index (χ1n) is 8.71. The maximum atomic E-state index is 12.9. The van der Waals surface area contributed by atoms with Crippen molar-refractivity contribution in [1.29, 1.82) is 0 Å². The van der Waals surface area contributed by atoms with Crippen LogP contribution in [0, 0.1) is 6.92 Å². The fourth-order valence-electron chi connectivity index (χ4n) is 3.64. The SMILES string of the molecule is Cc1cc(=O)[nH]c([C@@H]2CN(C(=O)c3ccc4c(c3)CCC4)CCO2)n1. The second kappa shape index (κ2) is 6.44. The molecule has 6 nitrogen and oxygen atoms in total. The van der Waals surface area contributed by atoms with Gasteiger partial charge in [0.1, 0.15) is 11.9 Å². The van der Waals surface area contributed by atoms with Crippen LogP contribution in [0.4, 0.5) is 0 Å². The summed E-state index contributed by atoms with van der Waals surface area (Å²) in [7, 11) is 0. The number of rotatable bonds is 2. The van der Waals surface area contributed by atoms with Crippen LogP contribution in [0.25, 0.3) is 0 Å². The molecule has 1 atom stereocenters. The summed E-state index contributed by atoms with van der Waals surface area (Å²) in [6, 6.07) is 7.47. The fourth-order valence-corrected chi connectivity index (χ4v) is 3.64. The lowest BCUT2D eigenvalue weighted by Gasteiger charge is -2.32. The Morgan fingerprint density at radius 3 is 2.96 bits per heavy atom. The number of nitrogens with zero attached hydrogens (tertiary/aromatic N) is 2. The number of carbonyl (C=O) groups excluding carboxylic acids is 1. The number of aromatic nitrogens is 2. The van der Waals surface area contributed by atoms with Crippen molar-refractivity contribution in [2.45, 2.75) is 32.3 Å². The Morgan fingerprint density at radius 2 is 2.12 bits per heavy atom. The van der Waals surface area contributed by atoms with E-state index in [1.165, 1.54) is 23.6 Å². The third-order valence-corrected chi connectivity index (χ3v) is 4.89. The molecule has 0 bridgehead atoms. The second-order valence-electron chi connectivity index (χ2n) is 6.72. The van der Waals surface area contributed by atoms with Crippen molar-refractivity contribution < 1.29 is 9.53 Å². The lowest BCUT2D eigenvalue weighted by atomic mass is 10.1. The van der Waals surface area contributed by atoms with Gasteiger partial charge in [0.2, 0.25) is 0 Å². The minimum atomic E-state index is -0.403. The molecule has 2 aliphatic rings. The highest BCUT2D eigenvalue weighted by atomic mass is 16.5. The van der Waals surface area contributed by atoms with E-state index in [1.807, 2.05) is 12.1 Å². The Morgan fingerprint density at radius 1 is 1.28 bits per heavy atom. The van der Waals surface area contributed by atoms with Crippen molar-refractivity contribution in [3.05, 3.63) is 62.8 Å². The first-order valence-corrected chi connectivity index (χ1v) is 8.71. The third kappa shape index (κ3) is 3.22. The molecule has 130 valence electrons. The minimum Gasteiger partial charge on any atom is -0.367 e. The number of aryl methyl sites for hydroxylation is 3. The van der Waals surface area contributed by atoms with E-state index in [2.05, 4.69) is 16.0 Å². The predicted octanol–water partition coefficient (Wildman–Crippen LogP) is 1.78. The van der Waals surface area contributed by atoms with Crippen LogP contribution in [0.15, 0.2) is 29.1 Å². The molecule has 2 aromatic rings. The van der Waals surface area contributed by atoms with Crippen LogP contribution in [-0.4, -0.2) is 40.5 Å². The van der Waals surface area contributed by atoms with Crippen LogP contribution in [0.1, 0.15) is 45.5 Å². The number of hydrogen-bond donors (Lipinski definition) is 1. The standard InChI is InChI=1S/C19H21N3O3/c1-12-9-17(23)21-18(20-12)16-11-22(7-8-25-16)19(24)15-6-5-13-3-2-4-14(13)10-15/h5-6,9-10,16H,2-4,7-8,11H2,1H3,(H,20,21,23)/t16-/m0/s1. The average molecular weight is 339 g/mol. The normalized spacial score (nSPS) is 19.7. The van der Waals surface area contributed by atoms with Gasteiger partial charge in [-0.1, -0.05) is 6.07 Å². The smallest absolute Gasteiger partial charge is 0.254 e. The molecule has 1 aliphatic heterocycles. The van der Waals surface area contributed by atoms with Crippen molar-refractivity contribution >= 4 is 5.91 Å². The van der Waals surface area contributed by atoms with Gasteiger partial charge >= 0.3 is 0 Å². The summed E-state index contributed by atoms with van der Waals surface area (Å²) >= 11 is 0. The van der Waals surface area contributed by atoms with E-state index in [4.69, 9.17) is 4.74 Å². The van der Waals surface area contributed by atoms with E-state index >= 15 is 0 Å². The van der Waals surface area contributed by atoms with Crippen molar-refractivity contribution in [3.63, 3.8) is 0 Å². The van der Waals surface area contributed by atoms with Crippen LogP contribution in [0.3, 0.4) is 0 Å². The van der Waals surface area contributed by atoms with Gasteiger partial charge in [0.25, 0.3) is 11.5 Å². The van der Waals surface area contributed by atoms with Crippen LogP contribution in [-0.2, 0) is 17.6 Å². The van der Waals surface area contributed by atoms with Gasteiger partial charge in [-0.3, -0.25) is 9.59 Å². The zero-order valence-corrected chi connectivity index (χ0v) is 14.2. The Bertz CT molecular complexity index is 874. The van der Waals surface area contributed by atoms with Crippen LogP contribution in [0.2, 0.25) is 0 Å². The van der Waals surface area contributed by atoms with E-state index in [1.54, 1.807) is 11.8 Å². The molecule has 0 unspecified atom stereocenters. The summed E-state index contributed by atoms with van der Waals surface area (Å²) in [5, 5.41) is 0. The molecule has 6 heteroatoms. The summed E-state index contributed by atoms with van der Waals surface area (Å²) in [5.41, 5.74) is 3.82. The summed E-state index contributed by atoms with van der Waals surface area (Å²) in [4.78, 5) is 33.4. The number of aromatic amines is 1. The maximum absolute atomic E-state index is 12.9. The molecule has 1 aliphatic carbocycles. The summed E-state index contributed by atoms with van der Waals surface area (Å²) < 4.78 is 5.74. The first kappa shape index (κ1) is 16.0. The van der Waals surface area contributed by atoms with Crippen molar-refractivity contribution in [2.24, 2.45) is 0 Å². The van der Waals surface area contributed by atoms with Gasteiger partial charge in [-0.15, -0.1) is 0 Å². The molecular formula is C19H21N3O3. The largest absolute Gasteiger partial charge is 0.367 e. The molecule has 4 rings (SSSR count). The van der Waals surface area contributed by atoms with Crippen molar-refractivity contribution in [3.8, 4) is 0 Å². The van der Waals surface area contributed by atoms with Gasteiger partial charge in [0.15, 0.2) is 0 Å². The number of ether oxygens (including phenoxy) is 1. The summed E-state index contributed by atoms with van der Waals surface area (Å²) in [6.45, 7) is 3.14. The van der Waals surface area contributed by atoms with E-state index in [-0.39, 0.29) is 11.5 Å². The number of amides is 1. The van der Waals surface area contributed by atoms with Crippen LogP contribution < -0.4 is 5.56 Å². The molecule has 1 N–H and O–H groups in total. The molecule has 1 amide bonds. The van der Waals surface area contributed by atoms with E-state index in [9.17, 15) is 9.59 Å². The number of carbonyl (C=O) groups is 1. The van der Waals surface area contributed by atoms with Crippen molar-refractivity contribution in [1.82, 2.24) is 14.9 Å². The second-order valence-corrected chi connectivity index (χ2v) is 6.72. The van der Waals surface area contributed by atoms with Gasteiger partial charge in [-0.25, -0.2) is 4.98 Å².